The first kappa shape index (κ1) is 9.46. The molecular formula is C10H10ClFN2. The molecule has 1 aromatic carbocycles. The van der Waals surface area contributed by atoms with Gasteiger partial charge >= 0.3 is 0 Å². The quantitative estimate of drug-likeness (QED) is 0.709. The van der Waals surface area contributed by atoms with Gasteiger partial charge in [0.1, 0.15) is 5.82 Å². The van der Waals surface area contributed by atoms with Crippen LogP contribution in [0.1, 0.15) is 19.9 Å². The summed E-state index contributed by atoms with van der Waals surface area (Å²) in [6.45, 7) is 3.96. The second-order valence-corrected chi connectivity index (χ2v) is 3.82. The van der Waals surface area contributed by atoms with E-state index < -0.39 is 0 Å². The second-order valence-electron chi connectivity index (χ2n) is 3.46. The van der Waals surface area contributed by atoms with Crippen molar-refractivity contribution >= 4 is 22.5 Å². The molecule has 0 saturated heterocycles. The monoisotopic (exact) mass is 212 g/mol. The number of nitrogens with zero attached hydrogens (tertiary/aromatic N) is 2. The Morgan fingerprint density at radius 1 is 1.43 bits per heavy atom. The molecule has 0 atom stereocenters. The maximum atomic E-state index is 13.4. The van der Waals surface area contributed by atoms with Crippen LogP contribution in [0.15, 0.2) is 18.2 Å². The Hall–Kier alpha value is -1.09. The molecule has 0 aliphatic heterocycles. The van der Waals surface area contributed by atoms with Gasteiger partial charge in [-0.2, -0.15) is 5.10 Å². The second kappa shape index (κ2) is 3.24. The maximum absolute atomic E-state index is 13.4. The lowest BCUT2D eigenvalue weighted by Gasteiger charge is -2.05. The molecule has 14 heavy (non-hydrogen) atoms. The smallest absolute Gasteiger partial charge is 0.161 e. The third-order valence-corrected chi connectivity index (χ3v) is 2.39. The molecule has 74 valence electrons. The van der Waals surface area contributed by atoms with E-state index in [1.807, 2.05) is 19.9 Å². The minimum Gasteiger partial charge on any atom is -0.261 e. The Kier molecular flexibility index (Phi) is 2.19. The molecule has 2 nitrogen and oxygen atoms in total. The fourth-order valence-electron chi connectivity index (χ4n) is 1.50. The van der Waals surface area contributed by atoms with Gasteiger partial charge in [-0.1, -0.05) is 17.7 Å². The van der Waals surface area contributed by atoms with Crippen LogP contribution in [0.4, 0.5) is 4.39 Å². The Morgan fingerprint density at radius 3 is 2.79 bits per heavy atom. The Balaban J connectivity index is 2.84. The van der Waals surface area contributed by atoms with Crippen LogP contribution in [0, 0.1) is 5.82 Å². The molecule has 2 rings (SSSR count). The zero-order valence-corrected chi connectivity index (χ0v) is 8.72. The molecule has 0 bridgehead atoms. The van der Waals surface area contributed by atoms with E-state index in [0.29, 0.717) is 5.39 Å². The predicted octanol–water partition coefficient (Wildman–Crippen LogP) is 3.41. The largest absolute Gasteiger partial charge is 0.261 e. The van der Waals surface area contributed by atoms with Crippen LogP contribution in [-0.2, 0) is 0 Å². The van der Waals surface area contributed by atoms with Gasteiger partial charge in [0.05, 0.1) is 10.9 Å². The highest BCUT2D eigenvalue weighted by Gasteiger charge is 2.13. The molecule has 0 fully saturated rings. The lowest BCUT2D eigenvalue weighted by Crippen LogP contribution is -2.01. The highest BCUT2D eigenvalue weighted by Crippen LogP contribution is 2.27. The third-order valence-electron chi connectivity index (χ3n) is 2.13. The molecule has 0 saturated carbocycles. The fourth-order valence-corrected chi connectivity index (χ4v) is 1.77. The molecule has 0 spiro atoms. The highest BCUT2D eigenvalue weighted by molar-refractivity contribution is 6.34. The summed E-state index contributed by atoms with van der Waals surface area (Å²) in [7, 11) is 0. The van der Waals surface area contributed by atoms with Crippen LogP contribution in [0.5, 0.6) is 0 Å². The number of hydrogen-bond donors (Lipinski definition) is 0. The van der Waals surface area contributed by atoms with Crippen molar-refractivity contribution in [3.8, 4) is 0 Å². The van der Waals surface area contributed by atoms with E-state index in [1.54, 1.807) is 10.7 Å². The summed E-state index contributed by atoms with van der Waals surface area (Å²) in [6, 6.07) is 5.04. The first-order chi connectivity index (χ1) is 6.61. The van der Waals surface area contributed by atoms with Crippen LogP contribution in [0.3, 0.4) is 0 Å². The topological polar surface area (TPSA) is 17.8 Å². The first-order valence-electron chi connectivity index (χ1n) is 4.43. The van der Waals surface area contributed by atoms with Crippen LogP contribution >= 0.6 is 11.6 Å². The molecule has 1 aromatic heterocycles. The number of halogens is 2. The summed E-state index contributed by atoms with van der Waals surface area (Å²) in [4.78, 5) is 0. The molecule has 0 aliphatic carbocycles. The SMILES string of the molecule is CC(C)n1nc(Cl)c2c(F)cccc21. The number of rotatable bonds is 1. The van der Waals surface area contributed by atoms with Gasteiger partial charge in [0, 0.05) is 6.04 Å². The summed E-state index contributed by atoms with van der Waals surface area (Å²) in [5.74, 6) is -0.320. The van der Waals surface area contributed by atoms with E-state index in [2.05, 4.69) is 5.10 Å². The van der Waals surface area contributed by atoms with E-state index in [-0.39, 0.29) is 17.0 Å². The lowest BCUT2D eigenvalue weighted by atomic mass is 10.2. The van der Waals surface area contributed by atoms with Gasteiger partial charge in [0.15, 0.2) is 5.15 Å². The minimum absolute atomic E-state index is 0.173. The zero-order valence-electron chi connectivity index (χ0n) is 7.96. The van der Waals surface area contributed by atoms with Crippen LogP contribution in [0.25, 0.3) is 10.9 Å². The fraction of sp³-hybridized carbons (Fsp3) is 0.300. The van der Waals surface area contributed by atoms with Crippen LogP contribution < -0.4 is 0 Å². The van der Waals surface area contributed by atoms with E-state index in [0.717, 1.165) is 5.52 Å². The Labute approximate surface area is 86.3 Å². The van der Waals surface area contributed by atoms with Gasteiger partial charge in [-0.05, 0) is 26.0 Å². The summed E-state index contributed by atoms with van der Waals surface area (Å²) >= 11 is 5.86. The predicted molar refractivity (Wildman–Crippen MR) is 55.1 cm³/mol. The van der Waals surface area contributed by atoms with Gasteiger partial charge < -0.3 is 0 Å². The van der Waals surface area contributed by atoms with E-state index in [4.69, 9.17) is 11.6 Å². The van der Waals surface area contributed by atoms with Crippen molar-refractivity contribution in [2.75, 3.05) is 0 Å². The molecular weight excluding hydrogens is 203 g/mol. The first-order valence-corrected chi connectivity index (χ1v) is 4.81. The van der Waals surface area contributed by atoms with Gasteiger partial charge in [0.25, 0.3) is 0 Å². The Morgan fingerprint density at radius 2 is 2.14 bits per heavy atom. The molecule has 0 aliphatic rings. The lowest BCUT2D eigenvalue weighted by molar-refractivity contribution is 0.551. The molecule has 4 heteroatoms. The molecule has 0 N–H and O–H groups in total. The number of hydrogen-bond acceptors (Lipinski definition) is 1. The summed E-state index contributed by atoms with van der Waals surface area (Å²) in [5, 5.41) is 4.73. The van der Waals surface area contributed by atoms with Gasteiger partial charge in [-0.3, -0.25) is 4.68 Å². The summed E-state index contributed by atoms with van der Waals surface area (Å²) in [6.07, 6.45) is 0. The van der Waals surface area contributed by atoms with Crippen molar-refractivity contribution < 1.29 is 4.39 Å². The van der Waals surface area contributed by atoms with Crippen LogP contribution in [0.2, 0.25) is 5.15 Å². The van der Waals surface area contributed by atoms with Gasteiger partial charge in [0.2, 0.25) is 0 Å². The van der Waals surface area contributed by atoms with Crippen molar-refractivity contribution in [2.24, 2.45) is 0 Å². The highest BCUT2D eigenvalue weighted by atomic mass is 35.5. The van der Waals surface area contributed by atoms with Gasteiger partial charge in [-0.15, -0.1) is 0 Å². The Bertz CT molecular complexity index is 476. The molecule has 0 amide bonds. The van der Waals surface area contributed by atoms with Gasteiger partial charge in [-0.25, -0.2) is 4.39 Å². The standard InChI is InChI=1S/C10H10ClFN2/c1-6(2)14-8-5-3-4-7(12)9(8)10(11)13-14/h3-6H,1-2H3. The van der Waals surface area contributed by atoms with Crippen molar-refractivity contribution in [3.05, 3.63) is 29.2 Å². The van der Waals surface area contributed by atoms with Crippen molar-refractivity contribution in [2.45, 2.75) is 19.9 Å². The maximum Gasteiger partial charge on any atom is 0.161 e. The normalized spacial score (nSPS) is 11.5. The number of fused-ring (bicyclic) bond motifs is 1. The van der Waals surface area contributed by atoms with E-state index >= 15 is 0 Å². The molecule has 0 radical (unpaired) electrons. The molecule has 0 unspecified atom stereocenters. The average Bonchev–Trinajstić information content (AvgIpc) is 2.45. The summed E-state index contributed by atoms with van der Waals surface area (Å²) in [5.41, 5.74) is 0.741. The number of aromatic nitrogens is 2. The summed E-state index contributed by atoms with van der Waals surface area (Å²) < 4.78 is 15.1. The zero-order chi connectivity index (χ0) is 10.3. The minimum atomic E-state index is -0.320. The van der Waals surface area contributed by atoms with Crippen LogP contribution in [-0.4, -0.2) is 9.78 Å². The van der Waals surface area contributed by atoms with E-state index in [9.17, 15) is 4.39 Å². The third kappa shape index (κ3) is 1.28. The average molecular weight is 213 g/mol. The molecule has 1 heterocycles. The van der Waals surface area contributed by atoms with Crippen molar-refractivity contribution in [1.82, 2.24) is 9.78 Å². The number of benzene rings is 1. The van der Waals surface area contributed by atoms with E-state index in [1.165, 1.54) is 6.07 Å². The molecule has 2 aromatic rings. The van der Waals surface area contributed by atoms with Crippen molar-refractivity contribution in [1.29, 1.82) is 0 Å². The van der Waals surface area contributed by atoms with Crippen molar-refractivity contribution in [3.63, 3.8) is 0 Å².